The van der Waals surface area contributed by atoms with Crippen LogP contribution >= 0.6 is 0 Å². The van der Waals surface area contributed by atoms with Crippen molar-refractivity contribution >= 4 is 11.6 Å². The van der Waals surface area contributed by atoms with Crippen molar-refractivity contribution < 1.29 is 18.8 Å². The number of methoxy groups -OCH3 is 1. The summed E-state index contributed by atoms with van der Waals surface area (Å²) in [5.41, 5.74) is 1.61. The van der Waals surface area contributed by atoms with Gasteiger partial charge in [0.2, 0.25) is 17.6 Å². The van der Waals surface area contributed by atoms with E-state index in [2.05, 4.69) is 20.4 Å². The van der Waals surface area contributed by atoms with Crippen molar-refractivity contribution in [3.63, 3.8) is 0 Å². The summed E-state index contributed by atoms with van der Waals surface area (Å²) in [5.74, 6) is 2.53. The largest absolute Gasteiger partial charge is 0.497 e. The molecule has 1 aromatic heterocycles. The first-order valence-electron chi connectivity index (χ1n) is 11.3. The average molecular weight is 451 g/mol. The molecule has 1 aliphatic heterocycles. The van der Waals surface area contributed by atoms with Crippen LogP contribution in [0.4, 0.5) is 5.69 Å². The van der Waals surface area contributed by atoms with Crippen LogP contribution in [0.3, 0.4) is 0 Å². The van der Waals surface area contributed by atoms with Crippen LogP contribution in [0.2, 0.25) is 0 Å². The summed E-state index contributed by atoms with van der Waals surface area (Å²) in [6, 6.07) is 15.0. The quantitative estimate of drug-likeness (QED) is 0.545. The number of carbonyl (C=O) groups excluding carboxylic acids is 1. The van der Waals surface area contributed by atoms with Gasteiger partial charge in [0.15, 0.2) is 0 Å². The molecule has 2 aromatic carbocycles. The van der Waals surface area contributed by atoms with Gasteiger partial charge in [-0.1, -0.05) is 11.2 Å². The van der Waals surface area contributed by atoms with Crippen LogP contribution in [-0.4, -0.2) is 47.3 Å². The van der Waals surface area contributed by atoms with Gasteiger partial charge in [0.1, 0.15) is 11.5 Å². The molecule has 4 rings (SSSR count). The van der Waals surface area contributed by atoms with Gasteiger partial charge >= 0.3 is 0 Å². The summed E-state index contributed by atoms with van der Waals surface area (Å²) in [7, 11) is 1.63. The fraction of sp³-hybridized carbons (Fsp3) is 0.400. The smallest absolute Gasteiger partial charge is 0.241 e. The molecule has 1 N–H and O–H groups in total. The third-order valence-electron chi connectivity index (χ3n) is 5.52. The standard InChI is InChI=1S/C25H30N4O4/c1-17(2)32-22-8-4-7-20(14-22)26-25(30)19-6-5-13-29(15-19)16-23-27-24(28-33-23)18-9-11-21(31-3)12-10-18/h4,7-12,14,17,19H,5-6,13,15-16H2,1-3H3,(H,26,30). The van der Waals surface area contributed by atoms with Crippen molar-refractivity contribution in [1.82, 2.24) is 15.0 Å². The summed E-state index contributed by atoms with van der Waals surface area (Å²) in [5, 5.41) is 7.14. The number of rotatable bonds is 8. The first kappa shape index (κ1) is 22.8. The van der Waals surface area contributed by atoms with Gasteiger partial charge in [0, 0.05) is 23.9 Å². The van der Waals surface area contributed by atoms with Crippen molar-refractivity contribution in [1.29, 1.82) is 0 Å². The first-order chi connectivity index (χ1) is 16.0. The normalized spacial score (nSPS) is 16.5. The molecular formula is C25H30N4O4. The maximum absolute atomic E-state index is 12.9. The van der Waals surface area contributed by atoms with E-state index in [1.165, 1.54) is 0 Å². The predicted molar refractivity (Wildman–Crippen MR) is 125 cm³/mol. The highest BCUT2D eigenvalue weighted by Gasteiger charge is 2.27. The van der Waals surface area contributed by atoms with Crippen LogP contribution in [0.25, 0.3) is 11.4 Å². The number of anilines is 1. The lowest BCUT2D eigenvalue weighted by Crippen LogP contribution is -2.40. The summed E-state index contributed by atoms with van der Waals surface area (Å²) in [6.45, 7) is 6.01. The molecule has 8 nitrogen and oxygen atoms in total. The molecule has 1 aliphatic rings. The molecule has 0 spiro atoms. The van der Waals surface area contributed by atoms with Gasteiger partial charge in [-0.25, -0.2) is 0 Å². The van der Waals surface area contributed by atoms with Gasteiger partial charge in [-0.05, 0) is 69.6 Å². The minimum atomic E-state index is -0.0996. The third-order valence-corrected chi connectivity index (χ3v) is 5.52. The Hall–Kier alpha value is -3.39. The van der Waals surface area contributed by atoms with Crippen LogP contribution < -0.4 is 14.8 Å². The molecule has 8 heteroatoms. The van der Waals surface area contributed by atoms with E-state index in [-0.39, 0.29) is 17.9 Å². The molecule has 1 unspecified atom stereocenters. The second kappa shape index (κ2) is 10.5. The monoisotopic (exact) mass is 450 g/mol. The zero-order valence-corrected chi connectivity index (χ0v) is 19.3. The van der Waals surface area contributed by atoms with Gasteiger partial charge in [-0.3, -0.25) is 9.69 Å². The van der Waals surface area contributed by atoms with Crippen molar-refractivity contribution in [2.45, 2.75) is 39.3 Å². The van der Waals surface area contributed by atoms with Crippen LogP contribution in [0.5, 0.6) is 11.5 Å². The van der Waals surface area contributed by atoms with Crippen molar-refractivity contribution in [2.24, 2.45) is 5.92 Å². The van der Waals surface area contributed by atoms with Gasteiger partial charge < -0.3 is 19.3 Å². The summed E-state index contributed by atoms with van der Waals surface area (Å²) in [4.78, 5) is 19.6. The van der Waals surface area contributed by atoms with Crippen molar-refractivity contribution in [3.05, 3.63) is 54.4 Å². The number of ether oxygens (including phenoxy) is 2. The second-order valence-electron chi connectivity index (χ2n) is 8.50. The molecule has 1 saturated heterocycles. The topological polar surface area (TPSA) is 89.7 Å². The molecule has 33 heavy (non-hydrogen) atoms. The molecule has 174 valence electrons. The number of nitrogens with one attached hydrogen (secondary N) is 1. The van der Waals surface area contributed by atoms with Crippen molar-refractivity contribution in [3.8, 4) is 22.9 Å². The Morgan fingerprint density at radius 3 is 2.79 bits per heavy atom. The van der Waals surface area contributed by atoms with Gasteiger partial charge in [0.05, 0.1) is 25.7 Å². The van der Waals surface area contributed by atoms with E-state index in [9.17, 15) is 4.79 Å². The average Bonchev–Trinajstić information content (AvgIpc) is 3.27. The third kappa shape index (κ3) is 6.10. The van der Waals surface area contributed by atoms with Gasteiger partial charge in [0.25, 0.3) is 0 Å². The number of amides is 1. The predicted octanol–water partition coefficient (Wildman–Crippen LogP) is 4.38. The molecule has 0 radical (unpaired) electrons. The SMILES string of the molecule is COc1ccc(-c2noc(CN3CCCC(C(=O)Nc4cccc(OC(C)C)c4)C3)n2)cc1. The summed E-state index contributed by atoms with van der Waals surface area (Å²) in [6.07, 6.45) is 1.87. The van der Waals surface area contributed by atoms with E-state index in [1.54, 1.807) is 7.11 Å². The number of piperidine rings is 1. The van der Waals surface area contributed by atoms with Crippen LogP contribution in [0.15, 0.2) is 53.1 Å². The molecule has 1 amide bonds. The first-order valence-corrected chi connectivity index (χ1v) is 11.3. The fourth-order valence-corrected chi connectivity index (χ4v) is 3.94. The molecule has 0 saturated carbocycles. The highest BCUT2D eigenvalue weighted by molar-refractivity contribution is 5.92. The van der Waals surface area contributed by atoms with E-state index < -0.39 is 0 Å². The lowest BCUT2D eigenvalue weighted by molar-refractivity contribution is -0.121. The number of hydrogen-bond acceptors (Lipinski definition) is 7. The van der Waals surface area contributed by atoms with E-state index in [4.69, 9.17) is 14.0 Å². The summed E-state index contributed by atoms with van der Waals surface area (Å²) < 4.78 is 16.4. The number of likely N-dealkylation sites (tertiary alicyclic amines) is 1. The minimum absolute atomic E-state index is 0.0193. The van der Waals surface area contributed by atoms with E-state index in [0.29, 0.717) is 24.8 Å². The number of carbonyl (C=O) groups is 1. The second-order valence-corrected chi connectivity index (χ2v) is 8.50. The van der Waals surface area contributed by atoms with E-state index >= 15 is 0 Å². The van der Waals surface area contributed by atoms with Crippen LogP contribution in [-0.2, 0) is 11.3 Å². The van der Waals surface area contributed by atoms with Gasteiger partial charge in [-0.15, -0.1) is 0 Å². The number of nitrogens with zero attached hydrogens (tertiary/aromatic N) is 3. The highest BCUT2D eigenvalue weighted by atomic mass is 16.5. The molecule has 1 atom stereocenters. The molecule has 3 aromatic rings. The maximum Gasteiger partial charge on any atom is 0.241 e. The Morgan fingerprint density at radius 2 is 2.03 bits per heavy atom. The lowest BCUT2D eigenvalue weighted by atomic mass is 9.97. The molecular weight excluding hydrogens is 420 g/mol. The Morgan fingerprint density at radius 1 is 1.21 bits per heavy atom. The lowest BCUT2D eigenvalue weighted by Gasteiger charge is -2.30. The van der Waals surface area contributed by atoms with Crippen molar-refractivity contribution in [2.75, 3.05) is 25.5 Å². The number of hydrogen-bond donors (Lipinski definition) is 1. The van der Waals surface area contributed by atoms with E-state index in [1.807, 2.05) is 62.4 Å². The Labute approximate surface area is 193 Å². The molecule has 2 heterocycles. The zero-order valence-electron chi connectivity index (χ0n) is 19.3. The fourth-order valence-electron chi connectivity index (χ4n) is 3.94. The Kier molecular flexibility index (Phi) is 7.24. The Bertz CT molecular complexity index is 1060. The molecule has 0 aliphatic carbocycles. The van der Waals surface area contributed by atoms with Crippen LogP contribution in [0.1, 0.15) is 32.6 Å². The maximum atomic E-state index is 12.9. The zero-order chi connectivity index (χ0) is 23.2. The number of benzene rings is 2. The highest BCUT2D eigenvalue weighted by Crippen LogP contribution is 2.24. The summed E-state index contributed by atoms with van der Waals surface area (Å²) >= 11 is 0. The molecule has 1 fully saturated rings. The van der Waals surface area contributed by atoms with Crippen LogP contribution in [0, 0.1) is 5.92 Å². The van der Waals surface area contributed by atoms with E-state index in [0.717, 1.165) is 42.1 Å². The van der Waals surface area contributed by atoms with Gasteiger partial charge in [-0.2, -0.15) is 4.98 Å². The Balaban J connectivity index is 1.34. The molecule has 0 bridgehead atoms. The number of aromatic nitrogens is 2. The minimum Gasteiger partial charge on any atom is -0.497 e.